The van der Waals surface area contributed by atoms with Crippen molar-refractivity contribution in [1.82, 2.24) is 19.9 Å². The molecule has 0 unspecified atom stereocenters. The summed E-state index contributed by atoms with van der Waals surface area (Å²) in [4.78, 5) is 19.8. The van der Waals surface area contributed by atoms with Gasteiger partial charge < -0.3 is 4.42 Å². The van der Waals surface area contributed by atoms with E-state index in [0.717, 1.165) is 54.9 Å². The van der Waals surface area contributed by atoms with Gasteiger partial charge in [0, 0.05) is 33.7 Å². The van der Waals surface area contributed by atoms with Crippen molar-refractivity contribution in [2.45, 2.75) is 0 Å². The molecule has 5 nitrogen and oxygen atoms in total. The molecule has 45 heavy (non-hydrogen) atoms. The minimum absolute atomic E-state index is 0.578. The largest absolute Gasteiger partial charge is 0.438 e. The lowest BCUT2D eigenvalue weighted by Gasteiger charge is -2.13. The third-order valence-electron chi connectivity index (χ3n) is 8.36. The highest BCUT2D eigenvalue weighted by Crippen LogP contribution is 2.37. The SMILES string of the molecule is c1ccc(-c2cc(-c3nc(-c4ccc5ccccc5c4)nc(-c4cccc5oc6ncccc6c45)n3)cc3ccccc23)cc1. The number of rotatable bonds is 4. The van der Waals surface area contributed by atoms with Crippen molar-refractivity contribution in [1.29, 1.82) is 0 Å². The van der Waals surface area contributed by atoms with Gasteiger partial charge in [0.05, 0.1) is 0 Å². The van der Waals surface area contributed by atoms with E-state index in [1.54, 1.807) is 6.20 Å². The van der Waals surface area contributed by atoms with Crippen LogP contribution >= 0.6 is 0 Å². The molecule has 0 saturated carbocycles. The predicted molar refractivity (Wildman–Crippen MR) is 182 cm³/mol. The van der Waals surface area contributed by atoms with E-state index in [-0.39, 0.29) is 0 Å². The van der Waals surface area contributed by atoms with Crippen molar-refractivity contribution in [3.05, 3.63) is 146 Å². The molecule has 0 aliphatic rings. The molecule has 3 aromatic heterocycles. The van der Waals surface area contributed by atoms with Gasteiger partial charge in [-0.05, 0) is 69.1 Å². The van der Waals surface area contributed by atoms with Crippen molar-refractivity contribution < 1.29 is 4.42 Å². The summed E-state index contributed by atoms with van der Waals surface area (Å²) >= 11 is 0. The summed E-state index contributed by atoms with van der Waals surface area (Å²) in [6, 6.07) is 47.9. The van der Waals surface area contributed by atoms with Crippen LogP contribution < -0.4 is 0 Å². The van der Waals surface area contributed by atoms with Gasteiger partial charge in [0.1, 0.15) is 5.58 Å². The van der Waals surface area contributed by atoms with Crippen LogP contribution in [0.2, 0.25) is 0 Å². The minimum Gasteiger partial charge on any atom is -0.438 e. The van der Waals surface area contributed by atoms with Crippen LogP contribution in [0.1, 0.15) is 0 Å². The Hall–Kier alpha value is -6.20. The van der Waals surface area contributed by atoms with Gasteiger partial charge in [-0.1, -0.05) is 103 Å². The van der Waals surface area contributed by atoms with Crippen LogP contribution in [-0.2, 0) is 0 Å². The second-order valence-electron chi connectivity index (χ2n) is 11.1. The molecule has 5 heteroatoms. The molecule has 0 atom stereocenters. The Morgan fingerprint density at radius 3 is 2.02 bits per heavy atom. The normalized spacial score (nSPS) is 11.6. The third kappa shape index (κ3) is 4.33. The van der Waals surface area contributed by atoms with Gasteiger partial charge in [0.2, 0.25) is 5.71 Å². The minimum atomic E-state index is 0.578. The lowest BCUT2D eigenvalue weighted by atomic mass is 9.95. The molecular weight excluding hydrogens is 552 g/mol. The van der Waals surface area contributed by atoms with Crippen LogP contribution in [0.25, 0.3) is 88.9 Å². The van der Waals surface area contributed by atoms with Crippen molar-refractivity contribution in [3.8, 4) is 45.3 Å². The van der Waals surface area contributed by atoms with Crippen molar-refractivity contribution >= 4 is 43.6 Å². The van der Waals surface area contributed by atoms with E-state index in [0.29, 0.717) is 23.2 Å². The van der Waals surface area contributed by atoms with Gasteiger partial charge in [0.25, 0.3) is 0 Å². The van der Waals surface area contributed by atoms with Gasteiger partial charge in [-0.15, -0.1) is 0 Å². The van der Waals surface area contributed by atoms with Gasteiger partial charge in [-0.25, -0.2) is 19.9 Å². The lowest BCUT2D eigenvalue weighted by molar-refractivity contribution is 0.654. The highest BCUT2D eigenvalue weighted by molar-refractivity contribution is 6.11. The zero-order chi connectivity index (χ0) is 29.7. The highest BCUT2D eigenvalue weighted by Gasteiger charge is 2.19. The second-order valence-corrected chi connectivity index (χ2v) is 11.1. The van der Waals surface area contributed by atoms with Gasteiger partial charge in [0.15, 0.2) is 17.5 Å². The van der Waals surface area contributed by atoms with Crippen LogP contribution in [0, 0.1) is 0 Å². The van der Waals surface area contributed by atoms with E-state index in [1.807, 2.05) is 36.4 Å². The quantitative estimate of drug-likeness (QED) is 0.209. The van der Waals surface area contributed by atoms with E-state index < -0.39 is 0 Å². The van der Waals surface area contributed by atoms with E-state index >= 15 is 0 Å². The molecule has 9 aromatic rings. The zero-order valence-electron chi connectivity index (χ0n) is 24.1. The van der Waals surface area contributed by atoms with Crippen LogP contribution in [0.5, 0.6) is 0 Å². The van der Waals surface area contributed by atoms with Gasteiger partial charge in [-0.3, -0.25) is 0 Å². The maximum Gasteiger partial charge on any atom is 0.227 e. The molecule has 0 bridgehead atoms. The van der Waals surface area contributed by atoms with E-state index in [4.69, 9.17) is 19.4 Å². The third-order valence-corrected chi connectivity index (χ3v) is 8.36. The first kappa shape index (κ1) is 25.3. The molecule has 6 aromatic carbocycles. The highest BCUT2D eigenvalue weighted by atomic mass is 16.3. The number of benzene rings is 6. The first-order chi connectivity index (χ1) is 22.3. The van der Waals surface area contributed by atoms with Crippen molar-refractivity contribution in [3.63, 3.8) is 0 Å². The Labute approximate surface area is 258 Å². The molecule has 0 saturated heterocycles. The number of hydrogen-bond donors (Lipinski definition) is 0. The van der Waals surface area contributed by atoms with Crippen molar-refractivity contribution in [2.24, 2.45) is 0 Å². The molecule has 0 spiro atoms. The molecule has 0 amide bonds. The summed E-state index contributed by atoms with van der Waals surface area (Å²) in [5.41, 5.74) is 6.32. The van der Waals surface area contributed by atoms with Crippen molar-refractivity contribution in [2.75, 3.05) is 0 Å². The van der Waals surface area contributed by atoms with E-state index in [2.05, 4.69) is 108 Å². The number of hydrogen-bond acceptors (Lipinski definition) is 5. The first-order valence-corrected chi connectivity index (χ1v) is 14.9. The average molecular weight is 577 g/mol. The van der Waals surface area contributed by atoms with Crippen LogP contribution in [0.15, 0.2) is 150 Å². The molecule has 0 N–H and O–H groups in total. The smallest absolute Gasteiger partial charge is 0.227 e. The van der Waals surface area contributed by atoms with E-state index in [1.165, 1.54) is 10.8 Å². The predicted octanol–water partition coefficient (Wildman–Crippen LogP) is 10.1. The molecule has 0 aliphatic heterocycles. The van der Waals surface area contributed by atoms with Crippen LogP contribution in [0.3, 0.4) is 0 Å². The van der Waals surface area contributed by atoms with Crippen LogP contribution in [0.4, 0.5) is 0 Å². The van der Waals surface area contributed by atoms with Gasteiger partial charge >= 0.3 is 0 Å². The van der Waals surface area contributed by atoms with E-state index in [9.17, 15) is 0 Å². The molecule has 0 fully saturated rings. The number of fused-ring (bicyclic) bond motifs is 5. The molecule has 0 radical (unpaired) electrons. The maximum atomic E-state index is 6.12. The summed E-state index contributed by atoms with van der Waals surface area (Å²) in [6.07, 6.45) is 1.74. The topological polar surface area (TPSA) is 64.7 Å². The molecule has 3 heterocycles. The fourth-order valence-corrected chi connectivity index (χ4v) is 6.23. The Kier molecular flexibility index (Phi) is 5.74. The van der Waals surface area contributed by atoms with Gasteiger partial charge in [-0.2, -0.15) is 0 Å². The first-order valence-electron chi connectivity index (χ1n) is 14.9. The number of pyridine rings is 1. The molecule has 0 aliphatic carbocycles. The molecular formula is C40H24N4O. The fourth-order valence-electron chi connectivity index (χ4n) is 6.23. The fraction of sp³-hybridized carbons (Fsp3) is 0. The summed E-state index contributed by atoms with van der Waals surface area (Å²) in [6.45, 7) is 0. The standard InChI is InChI=1S/C40H24N4O/c1-2-11-26(12-3-1)34-24-30(23-28-14-6-7-15-31(28)34)38-42-37(29-20-19-25-10-4-5-13-27(25)22-29)43-39(44-38)32-16-8-18-35-36(32)33-17-9-21-41-40(33)45-35/h1-24H. The maximum absolute atomic E-state index is 6.12. The second kappa shape index (κ2) is 10.2. The summed E-state index contributed by atoms with van der Waals surface area (Å²) in [7, 11) is 0. The number of aromatic nitrogens is 4. The Morgan fingerprint density at radius 2 is 1.13 bits per heavy atom. The Bertz CT molecular complexity index is 2550. The molecule has 9 rings (SSSR count). The molecule has 210 valence electrons. The monoisotopic (exact) mass is 576 g/mol. The number of furan rings is 1. The van der Waals surface area contributed by atoms with Crippen LogP contribution in [-0.4, -0.2) is 19.9 Å². The summed E-state index contributed by atoms with van der Waals surface area (Å²) < 4.78 is 6.12. The lowest BCUT2D eigenvalue weighted by Crippen LogP contribution is -2.01. The zero-order valence-corrected chi connectivity index (χ0v) is 24.1. The average Bonchev–Trinajstić information content (AvgIpc) is 3.50. The Balaban J connectivity index is 1.33. The summed E-state index contributed by atoms with van der Waals surface area (Å²) in [5.74, 6) is 1.79. The number of nitrogens with zero attached hydrogens (tertiary/aromatic N) is 4. The summed E-state index contributed by atoms with van der Waals surface area (Å²) in [5, 5.41) is 6.46. The Morgan fingerprint density at radius 1 is 0.422 bits per heavy atom.